The maximum Gasteiger partial charge on any atom is 0.351 e. The van der Waals surface area contributed by atoms with E-state index in [-0.39, 0.29) is 18.6 Å². The molecule has 1 aliphatic heterocycles. The summed E-state index contributed by atoms with van der Waals surface area (Å²) in [7, 11) is 0. The summed E-state index contributed by atoms with van der Waals surface area (Å²) in [5, 5.41) is 3.00. The molecule has 0 radical (unpaired) electrons. The Morgan fingerprint density at radius 3 is 2.68 bits per heavy atom. The van der Waals surface area contributed by atoms with Crippen molar-refractivity contribution in [2.45, 2.75) is 57.8 Å². The van der Waals surface area contributed by atoms with Gasteiger partial charge in [0.15, 0.2) is 17.6 Å². The molecule has 1 fully saturated rings. The van der Waals surface area contributed by atoms with Gasteiger partial charge < -0.3 is 19.5 Å². The third kappa shape index (κ3) is 4.24. The van der Waals surface area contributed by atoms with Gasteiger partial charge in [-0.25, -0.2) is 4.79 Å². The molecule has 1 heterocycles. The van der Waals surface area contributed by atoms with Gasteiger partial charge in [-0.15, -0.1) is 0 Å². The number of para-hydroxylation sites is 2. The van der Waals surface area contributed by atoms with Crippen molar-refractivity contribution in [2.75, 3.05) is 6.61 Å². The van der Waals surface area contributed by atoms with Gasteiger partial charge in [-0.3, -0.25) is 4.79 Å². The summed E-state index contributed by atoms with van der Waals surface area (Å²) in [6, 6.07) is 7.30. The van der Waals surface area contributed by atoms with Crippen LogP contribution < -0.4 is 14.8 Å². The van der Waals surface area contributed by atoms with Crippen molar-refractivity contribution in [3.05, 3.63) is 24.3 Å². The molecule has 1 saturated carbocycles. The predicted octanol–water partition coefficient (Wildman–Crippen LogP) is 2.45. The van der Waals surface area contributed by atoms with Gasteiger partial charge in [0.1, 0.15) is 6.61 Å². The fraction of sp³-hybridized carbons (Fsp3) is 0.579. The highest BCUT2D eigenvalue weighted by molar-refractivity contribution is 5.85. The van der Waals surface area contributed by atoms with Crippen LogP contribution in [-0.4, -0.2) is 36.7 Å². The first kappa shape index (κ1) is 17.6. The minimum absolute atomic E-state index is 0.0733. The SMILES string of the molecule is C[C@H](OC(=O)[C@@H]1COc2ccccc2O1)C(=O)N[C@H]1CCCC[C@@H]1C. The molecule has 1 aromatic carbocycles. The average molecular weight is 347 g/mol. The molecule has 0 bridgehead atoms. The van der Waals surface area contributed by atoms with Crippen LogP contribution >= 0.6 is 0 Å². The molecule has 1 N–H and O–H groups in total. The van der Waals surface area contributed by atoms with Crippen molar-refractivity contribution < 1.29 is 23.8 Å². The molecule has 1 aromatic rings. The van der Waals surface area contributed by atoms with Crippen LogP contribution in [0.4, 0.5) is 0 Å². The first-order valence-corrected chi connectivity index (χ1v) is 8.94. The molecule has 0 spiro atoms. The number of fused-ring (bicyclic) bond motifs is 1. The van der Waals surface area contributed by atoms with Crippen molar-refractivity contribution >= 4 is 11.9 Å². The number of hydrogen-bond donors (Lipinski definition) is 1. The second-order valence-corrected chi connectivity index (χ2v) is 6.82. The Morgan fingerprint density at radius 2 is 1.92 bits per heavy atom. The zero-order chi connectivity index (χ0) is 17.8. The molecule has 4 atom stereocenters. The van der Waals surface area contributed by atoms with Gasteiger partial charge in [-0.05, 0) is 37.8 Å². The summed E-state index contributed by atoms with van der Waals surface area (Å²) >= 11 is 0. The lowest BCUT2D eigenvalue weighted by atomic mass is 9.86. The van der Waals surface area contributed by atoms with Crippen molar-refractivity contribution in [2.24, 2.45) is 5.92 Å². The van der Waals surface area contributed by atoms with E-state index in [1.54, 1.807) is 25.1 Å². The third-order valence-corrected chi connectivity index (χ3v) is 4.87. The van der Waals surface area contributed by atoms with Crippen molar-refractivity contribution in [3.8, 4) is 11.5 Å². The van der Waals surface area contributed by atoms with Crippen LogP contribution in [0.2, 0.25) is 0 Å². The van der Waals surface area contributed by atoms with E-state index in [1.165, 1.54) is 6.42 Å². The quantitative estimate of drug-likeness (QED) is 0.847. The van der Waals surface area contributed by atoms with Crippen LogP contribution in [0.25, 0.3) is 0 Å². The molecule has 2 aliphatic rings. The maximum atomic E-state index is 12.3. The van der Waals surface area contributed by atoms with E-state index in [2.05, 4.69) is 12.2 Å². The number of rotatable bonds is 4. The Balaban J connectivity index is 1.51. The second-order valence-electron chi connectivity index (χ2n) is 6.82. The molecule has 1 aliphatic carbocycles. The van der Waals surface area contributed by atoms with Gasteiger partial charge in [-0.2, -0.15) is 0 Å². The lowest BCUT2D eigenvalue weighted by Gasteiger charge is -2.30. The van der Waals surface area contributed by atoms with Crippen LogP contribution in [0.15, 0.2) is 24.3 Å². The number of carbonyl (C=O) groups excluding carboxylic acids is 2. The summed E-state index contributed by atoms with van der Waals surface area (Å²) in [6.07, 6.45) is 2.70. The highest BCUT2D eigenvalue weighted by atomic mass is 16.6. The van der Waals surface area contributed by atoms with Crippen LogP contribution in [0.5, 0.6) is 11.5 Å². The maximum absolute atomic E-state index is 12.3. The summed E-state index contributed by atoms with van der Waals surface area (Å²) in [5.74, 6) is 0.706. The standard InChI is InChI=1S/C19H25NO5/c1-12-7-3-4-8-14(12)20-18(21)13(2)24-19(22)17-11-23-15-9-5-6-10-16(15)25-17/h5-6,9-10,12-14,17H,3-4,7-8,11H2,1-2H3,(H,20,21)/t12-,13-,14-,17-/m0/s1. The molecule has 1 amide bonds. The lowest BCUT2D eigenvalue weighted by molar-refractivity contribution is -0.164. The largest absolute Gasteiger partial charge is 0.485 e. The van der Waals surface area contributed by atoms with Gasteiger partial charge in [0, 0.05) is 6.04 Å². The summed E-state index contributed by atoms with van der Waals surface area (Å²) in [5.41, 5.74) is 0. The Kier molecular flexibility index (Phi) is 5.46. The van der Waals surface area contributed by atoms with Crippen molar-refractivity contribution in [1.82, 2.24) is 5.32 Å². The third-order valence-electron chi connectivity index (χ3n) is 4.87. The minimum Gasteiger partial charge on any atom is -0.485 e. The van der Waals surface area contributed by atoms with Gasteiger partial charge in [0.25, 0.3) is 5.91 Å². The Morgan fingerprint density at radius 1 is 1.20 bits per heavy atom. The van der Waals surface area contributed by atoms with Crippen LogP contribution in [0, 0.1) is 5.92 Å². The highest BCUT2D eigenvalue weighted by Crippen LogP contribution is 2.31. The zero-order valence-electron chi connectivity index (χ0n) is 14.7. The first-order valence-electron chi connectivity index (χ1n) is 8.94. The second kappa shape index (κ2) is 7.76. The topological polar surface area (TPSA) is 73.9 Å². The number of ether oxygens (including phenoxy) is 3. The normalized spacial score (nSPS) is 26.4. The van der Waals surface area contributed by atoms with E-state index in [0.717, 1.165) is 19.3 Å². The van der Waals surface area contributed by atoms with Gasteiger partial charge in [-0.1, -0.05) is 31.9 Å². The number of hydrogen-bond acceptors (Lipinski definition) is 5. The molecule has 0 aromatic heterocycles. The fourth-order valence-corrected chi connectivity index (χ4v) is 3.27. The van der Waals surface area contributed by atoms with E-state index in [0.29, 0.717) is 17.4 Å². The number of amides is 1. The Labute approximate surface area is 147 Å². The van der Waals surface area contributed by atoms with E-state index < -0.39 is 18.2 Å². The molecule has 0 unspecified atom stereocenters. The van der Waals surface area contributed by atoms with Crippen molar-refractivity contribution in [1.29, 1.82) is 0 Å². The summed E-state index contributed by atoms with van der Waals surface area (Å²) < 4.78 is 16.4. The summed E-state index contributed by atoms with van der Waals surface area (Å²) in [6.45, 7) is 3.80. The number of esters is 1. The number of carbonyl (C=O) groups is 2. The first-order chi connectivity index (χ1) is 12.0. The zero-order valence-corrected chi connectivity index (χ0v) is 14.7. The van der Waals surface area contributed by atoms with Gasteiger partial charge in [0.2, 0.25) is 6.10 Å². The van der Waals surface area contributed by atoms with E-state index in [9.17, 15) is 9.59 Å². The molecular weight excluding hydrogens is 322 g/mol. The molecule has 25 heavy (non-hydrogen) atoms. The molecule has 6 nitrogen and oxygen atoms in total. The lowest BCUT2D eigenvalue weighted by Crippen LogP contribution is -2.47. The monoisotopic (exact) mass is 347 g/mol. The molecule has 136 valence electrons. The molecular formula is C19H25NO5. The van der Waals surface area contributed by atoms with Crippen LogP contribution in [0.3, 0.4) is 0 Å². The predicted molar refractivity (Wildman–Crippen MR) is 91.5 cm³/mol. The fourth-order valence-electron chi connectivity index (χ4n) is 3.27. The van der Waals surface area contributed by atoms with Crippen LogP contribution in [0.1, 0.15) is 39.5 Å². The Hall–Kier alpha value is -2.24. The van der Waals surface area contributed by atoms with E-state index >= 15 is 0 Å². The summed E-state index contributed by atoms with van der Waals surface area (Å²) in [4.78, 5) is 24.6. The highest BCUT2D eigenvalue weighted by Gasteiger charge is 2.32. The molecule has 6 heteroatoms. The molecule has 0 saturated heterocycles. The smallest absolute Gasteiger partial charge is 0.351 e. The molecule has 3 rings (SSSR count). The number of benzene rings is 1. The van der Waals surface area contributed by atoms with Gasteiger partial charge in [0.05, 0.1) is 0 Å². The van der Waals surface area contributed by atoms with Crippen LogP contribution in [-0.2, 0) is 14.3 Å². The van der Waals surface area contributed by atoms with Crippen molar-refractivity contribution in [3.63, 3.8) is 0 Å². The number of nitrogens with one attached hydrogen (secondary N) is 1. The van der Waals surface area contributed by atoms with E-state index in [1.807, 2.05) is 6.07 Å². The van der Waals surface area contributed by atoms with Gasteiger partial charge >= 0.3 is 5.97 Å². The van der Waals surface area contributed by atoms with E-state index in [4.69, 9.17) is 14.2 Å². The average Bonchev–Trinajstić information content (AvgIpc) is 2.63. The Bertz CT molecular complexity index is 632. The minimum atomic E-state index is -0.862.